The number of nitriles is 2. The minimum absolute atomic E-state index is 0.251. The molecule has 0 saturated heterocycles. The fraction of sp³-hybridized carbons (Fsp3) is 0.280. The maximum Gasteiger partial charge on any atom is 0.337 e. The van der Waals surface area contributed by atoms with Crippen LogP contribution in [0.2, 0.25) is 0 Å². The zero-order chi connectivity index (χ0) is 25.0. The molecule has 34 heavy (non-hydrogen) atoms. The van der Waals surface area contributed by atoms with Crippen LogP contribution in [0.3, 0.4) is 0 Å². The summed E-state index contributed by atoms with van der Waals surface area (Å²) in [7, 11) is 2.18. The summed E-state index contributed by atoms with van der Waals surface area (Å²) in [6, 6.07) is 15.8. The minimum Gasteiger partial charge on any atom is -0.511 e. The Balaban J connectivity index is 2.45. The molecule has 0 amide bonds. The number of halogens is 1. The van der Waals surface area contributed by atoms with E-state index in [0.29, 0.717) is 5.56 Å². The third-order valence-electron chi connectivity index (χ3n) is 6.05. The fourth-order valence-corrected chi connectivity index (χ4v) is 4.90. The van der Waals surface area contributed by atoms with Gasteiger partial charge >= 0.3 is 11.9 Å². The molecule has 0 aliphatic heterocycles. The van der Waals surface area contributed by atoms with E-state index in [1.54, 1.807) is 24.3 Å². The molecule has 7 nitrogen and oxygen atoms in total. The van der Waals surface area contributed by atoms with Crippen LogP contribution in [0, 0.1) is 39.8 Å². The molecule has 174 valence electrons. The van der Waals surface area contributed by atoms with Crippen molar-refractivity contribution in [3.63, 3.8) is 0 Å². The van der Waals surface area contributed by atoms with E-state index in [1.807, 2.05) is 18.4 Å². The lowest BCUT2D eigenvalue weighted by Crippen LogP contribution is -2.47. The smallest absolute Gasteiger partial charge is 0.337 e. The van der Waals surface area contributed by atoms with Crippen molar-refractivity contribution >= 4 is 23.7 Å². The highest BCUT2D eigenvalue weighted by atomic mass is 32.2. The molecule has 3 rings (SSSR count). The van der Waals surface area contributed by atoms with Gasteiger partial charge in [-0.05, 0) is 41.6 Å². The second kappa shape index (κ2) is 9.98. The Hall–Kier alpha value is -3.82. The van der Waals surface area contributed by atoms with Crippen molar-refractivity contribution < 1.29 is 28.6 Å². The van der Waals surface area contributed by atoms with Crippen LogP contribution >= 0.6 is 11.8 Å². The second-order valence-corrected chi connectivity index (χ2v) is 8.50. The van der Waals surface area contributed by atoms with E-state index in [2.05, 4.69) is 0 Å². The molecule has 9 heteroatoms. The normalized spacial score (nSPS) is 21.2. The van der Waals surface area contributed by atoms with Crippen molar-refractivity contribution in [3.05, 3.63) is 76.8 Å². The van der Waals surface area contributed by atoms with E-state index in [9.17, 15) is 29.6 Å². The van der Waals surface area contributed by atoms with Gasteiger partial charge in [-0.2, -0.15) is 10.5 Å². The number of aliphatic hydroxyl groups is 1. The van der Waals surface area contributed by atoms with Crippen molar-refractivity contribution in [2.75, 3.05) is 20.5 Å². The monoisotopic (exact) mass is 480 g/mol. The molecule has 0 radical (unpaired) electrons. The summed E-state index contributed by atoms with van der Waals surface area (Å²) in [6.07, 6.45) is 1.88. The highest BCUT2D eigenvalue weighted by Gasteiger charge is 2.61. The number of carbonyl (C=O) groups is 2. The number of aliphatic hydroxyl groups excluding tert-OH is 1. The van der Waals surface area contributed by atoms with Gasteiger partial charge < -0.3 is 14.6 Å². The van der Waals surface area contributed by atoms with Crippen molar-refractivity contribution in [2.24, 2.45) is 11.3 Å². The number of esters is 2. The van der Waals surface area contributed by atoms with Crippen LogP contribution in [0.4, 0.5) is 4.39 Å². The summed E-state index contributed by atoms with van der Waals surface area (Å²) in [5.41, 5.74) is -1.80. The van der Waals surface area contributed by atoms with Crippen molar-refractivity contribution in [1.82, 2.24) is 0 Å². The lowest BCUT2D eigenvalue weighted by molar-refractivity contribution is -0.147. The SMILES string of the molecule is COC(=O)C1=C(O)[C@H](C(=O)OC)[C@H](c2ccc(F)cc2)C(C#N)(C#N)[C@H]1c1ccc(SC)cc1. The van der Waals surface area contributed by atoms with Gasteiger partial charge in [-0.25, -0.2) is 9.18 Å². The Kier molecular flexibility index (Phi) is 7.29. The molecular weight excluding hydrogens is 459 g/mol. The summed E-state index contributed by atoms with van der Waals surface area (Å²) in [6.45, 7) is 0. The predicted octanol–water partition coefficient (Wildman–Crippen LogP) is 4.24. The van der Waals surface area contributed by atoms with Crippen LogP contribution in [-0.4, -0.2) is 37.5 Å². The van der Waals surface area contributed by atoms with Gasteiger partial charge in [0.25, 0.3) is 0 Å². The first-order valence-corrected chi connectivity index (χ1v) is 11.3. The van der Waals surface area contributed by atoms with E-state index < -0.39 is 46.7 Å². The molecule has 0 aromatic heterocycles. The standard InChI is InChI=1S/C25H21FN2O5S/c1-32-23(30)18-20(14-4-8-16(26)9-5-14)25(12-27,13-28)21(19(22(18)29)24(31)33-2)15-6-10-17(34-3)11-7-15/h4-11,18,20-21,29H,1-3H3/t18-,20+,21+/m1/s1. The van der Waals surface area contributed by atoms with E-state index >= 15 is 0 Å². The Morgan fingerprint density at radius 2 is 1.56 bits per heavy atom. The zero-order valence-electron chi connectivity index (χ0n) is 18.6. The molecule has 0 saturated carbocycles. The minimum atomic E-state index is -2.06. The van der Waals surface area contributed by atoms with Crippen LogP contribution in [0.1, 0.15) is 23.0 Å². The quantitative estimate of drug-likeness (QED) is 0.498. The molecule has 0 unspecified atom stereocenters. The maximum absolute atomic E-state index is 13.7. The molecule has 1 N–H and O–H groups in total. The van der Waals surface area contributed by atoms with Crippen molar-refractivity contribution in [3.8, 4) is 12.1 Å². The predicted molar refractivity (Wildman–Crippen MR) is 121 cm³/mol. The Bertz CT molecular complexity index is 1200. The highest BCUT2D eigenvalue weighted by molar-refractivity contribution is 7.98. The summed E-state index contributed by atoms with van der Waals surface area (Å²) in [4.78, 5) is 26.6. The summed E-state index contributed by atoms with van der Waals surface area (Å²) < 4.78 is 23.4. The molecule has 2 aromatic rings. The average molecular weight is 481 g/mol. The molecular formula is C25H21FN2O5S. The van der Waals surface area contributed by atoms with Gasteiger partial charge in [-0.3, -0.25) is 4.79 Å². The first-order valence-electron chi connectivity index (χ1n) is 10.1. The van der Waals surface area contributed by atoms with E-state index in [1.165, 1.54) is 23.9 Å². The summed E-state index contributed by atoms with van der Waals surface area (Å²) in [5, 5.41) is 32.1. The van der Waals surface area contributed by atoms with Gasteiger partial charge in [0, 0.05) is 10.8 Å². The lowest BCUT2D eigenvalue weighted by atomic mass is 9.54. The van der Waals surface area contributed by atoms with Gasteiger partial charge in [0.2, 0.25) is 0 Å². The Labute approximate surface area is 200 Å². The van der Waals surface area contributed by atoms with E-state index in [-0.39, 0.29) is 11.1 Å². The van der Waals surface area contributed by atoms with Gasteiger partial charge in [-0.1, -0.05) is 24.3 Å². The molecule has 3 atom stereocenters. The highest BCUT2D eigenvalue weighted by Crippen LogP contribution is 2.59. The van der Waals surface area contributed by atoms with E-state index in [4.69, 9.17) is 9.47 Å². The van der Waals surface area contributed by atoms with Crippen LogP contribution in [0.5, 0.6) is 0 Å². The maximum atomic E-state index is 13.7. The molecule has 2 aromatic carbocycles. The van der Waals surface area contributed by atoms with Crippen LogP contribution in [-0.2, 0) is 19.1 Å². The largest absolute Gasteiger partial charge is 0.511 e. The number of thioether (sulfide) groups is 1. The molecule has 0 fully saturated rings. The zero-order valence-corrected chi connectivity index (χ0v) is 19.4. The number of methoxy groups -OCH3 is 2. The molecule has 0 spiro atoms. The third kappa shape index (κ3) is 4.00. The number of carbonyl (C=O) groups excluding carboxylic acids is 2. The van der Waals surface area contributed by atoms with Crippen molar-refractivity contribution in [2.45, 2.75) is 16.7 Å². The number of nitrogens with zero attached hydrogens (tertiary/aromatic N) is 2. The molecule has 1 aliphatic rings. The number of ether oxygens (including phenoxy) is 2. The van der Waals surface area contributed by atoms with Gasteiger partial charge in [0.05, 0.1) is 37.8 Å². The average Bonchev–Trinajstić information content (AvgIpc) is 2.87. The molecule has 0 heterocycles. The first-order chi connectivity index (χ1) is 16.3. The van der Waals surface area contributed by atoms with Crippen molar-refractivity contribution in [1.29, 1.82) is 10.5 Å². The van der Waals surface area contributed by atoms with Crippen LogP contribution in [0.25, 0.3) is 0 Å². The lowest BCUT2D eigenvalue weighted by Gasteiger charge is -2.44. The van der Waals surface area contributed by atoms with E-state index in [0.717, 1.165) is 31.2 Å². The summed E-state index contributed by atoms with van der Waals surface area (Å²) in [5.74, 6) is -7.31. The third-order valence-corrected chi connectivity index (χ3v) is 6.79. The Morgan fingerprint density at radius 1 is 1.00 bits per heavy atom. The number of benzene rings is 2. The fourth-order valence-electron chi connectivity index (χ4n) is 4.50. The summed E-state index contributed by atoms with van der Waals surface area (Å²) >= 11 is 1.47. The first kappa shape index (κ1) is 24.8. The topological polar surface area (TPSA) is 120 Å². The van der Waals surface area contributed by atoms with Gasteiger partial charge in [0.15, 0.2) is 5.41 Å². The van der Waals surface area contributed by atoms with Gasteiger partial charge in [0.1, 0.15) is 17.5 Å². The van der Waals surface area contributed by atoms with Crippen LogP contribution in [0.15, 0.2) is 64.8 Å². The Morgan fingerprint density at radius 3 is 2.03 bits per heavy atom. The van der Waals surface area contributed by atoms with Crippen LogP contribution < -0.4 is 0 Å². The number of hydrogen-bond donors (Lipinski definition) is 1. The number of rotatable bonds is 5. The molecule has 1 aliphatic carbocycles. The molecule has 0 bridgehead atoms. The number of hydrogen-bond acceptors (Lipinski definition) is 8. The van der Waals surface area contributed by atoms with Gasteiger partial charge in [-0.15, -0.1) is 11.8 Å². The second-order valence-electron chi connectivity index (χ2n) is 7.62.